The summed E-state index contributed by atoms with van der Waals surface area (Å²) in [7, 11) is 0. The topological polar surface area (TPSA) is 82.7 Å². The molecule has 1 atom stereocenters. The highest BCUT2D eigenvalue weighted by Gasteiger charge is 2.31. The summed E-state index contributed by atoms with van der Waals surface area (Å²) < 4.78 is 39.1. The fourth-order valence-electron chi connectivity index (χ4n) is 2.44. The van der Waals surface area contributed by atoms with E-state index in [9.17, 15) is 18.0 Å². The molecule has 146 valence electrons. The summed E-state index contributed by atoms with van der Waals surface area (Å²) in [6, 6.07) is 7.31. The molecule has 3 N–H and O–H groups in total. The van der Waals surface area contributed by atoms with Gasteiger partial charge in [-0.05, 0) is 35.9 Å². The third kappa shape index (κ3) is 4.73. The number of halogens is 5. The molecule has 2 aromatic carbocycles. The number of H-pyrrole nitrogens is 1. The second-order valence-electron chi connectivity index (χ2n) is 5.65. The first-order chi connectivity index (χ1) is 13.2. The molecule has 1 heterocycles. The summed E-state index contributed by atoms with van der Waals surface area (Å²) in [5.41, 5.74) is -0.444. The highest BCUT2D eigenvalue weighted by atomic mass is 35.5. The SMILES string of the molecule is O=C(Nc1cc(Cl)ccc1Cl)NC(c1cccc(C(F)(F)F)c1)c1ncn[nH]1. The maximum absolute atomic E-state index is 13.0. The van der Waals surface area contributed by atoms with Crippen molar-refractivity contribution in [2.45, 2.75) is 12.2 Å². The van der Waals surface area contributed by atoms with E-state index in [0.29, 0.717) is 5.02 Å². The van der Waals surface area contributed by atoms with Crippen molar-refractivity contribution in [1.29, 1.82) is 0 Å². The number of carbonyl (C=O) groups is 1. The molecule has 6 nitrogen and oxygen atoms in total. The van der Waals surface area contributed by atoms with Crippen molar-refractivity contribution in [3.05, 3.63) is 75.8 Å². The molecule has 0 spiro atoms. The summed E-state index contributed by atoms with van der Waals surface area (Å²) >= 11 is 11.9. The Kier molecular flexibility index (Phi) is 5.76. The minimum atomic E-state index is -4.53. The van der Waals surface area contributed by atoms with Crippen molar-refractivity contribution in [3.63, 3.8) is 0 Å². The highest BCUT2D eigenvalue weighted by Crippen LogP contribution is 2.32. The van der Waals surface area contributed by atoms with Crippen LogP contribution in [-0.2, 0) is 6.18 Å². The number of aromatic nitrogens is 3. The first-order valence-corrected chi connectivity index (χ1v) is 8.54. The Bertz CT molecular complexity index is 979. The summed E-state index contributed by atoms with van der Waals surface area (Å²) in [4.78, 5) is 16.4. The largest absolute Gasteiger partial charge is 0.416 e. The van der Waals surface area contributed by atoms with Crippen molar-refractivity contribution in [3.8, 4) is 0 Å². The monoisotopic (exact) mass is 429 g/mol. The van der Waals surface area contributed by atoms with Crippen LogP contribution in [0.3, 0.4) is 0 Å². The van der Waals surface area contributed by atoms with Crippen molar-refractivity contribution in [1.82, 2.24) is 20.5 Å². The van der Waals surface area contributed by atoms with Gasteiger partial charge in [-0.1, -0.05) is 35.3 Å². The molecule has 1 aromatic heterocycles. The van der Waals surface area contributed by atoms with Gasteiger partial charge in [0.2, 0.25) is 0 Å². The predicted molar refractivity (Wildman–Crippen MR) is 98.3 cm³/mol. The fourth-order valence-corrected chi connectivity index (χ4v) is 2.78. The predicted octanol–water partition coefficient (Wildman–Crippen LogP) is 5.04. The molecule has 0 fully saturated rings. The second-order valence-corrected chi connectivity index (χ2v) is 6.49. The smallest absolute Gasteiger partial charge is 0.324 e. The average molecular weight is 430 g/mol. The third-order valence-electron chi connectivity index (χ3n) is 3.71. The number of urea groups is 1. The van der Waals surface area contributed by atoms with Gasteiger partial charge in [-0.2, -0.15) is 18.3 Å². The molecule has 0 aliphatic heterocycles. The zero-order valence-electron chi connectivity index (χ0n) is 13.9. The Hall–Kier alpha value is -2.78. The Morgan fingerprint density at radius 3 is 2.61 bits per heavy atom. The molecule has 0 radical (unpaired) electrons. The molecule has 0 saturated carbocycles. The Morgan fingerprint density at radius 1 is 1.14 bits per heavy atom. The Labute approximate surface area is 167 Å². The third-order valence-corrected chi connectivity index (χ3v) is 4.27. The van der Waals surface area contributed by atoms with Crippen LogP contribution in [0.4, 0.5) is 23.7 Å². The van der Waals surface area contributed by atoms with Gasteiger partial charge in [-0.25, -0.2) is 9.78 Å². The normalized spacial score (nSPS) is 12.5. The van der Waals surface area contributed by atoms with E-state index in [1.807, 2.05) is 0 Å². The van der Waals surface area contributed by atoms with Crippen molar-refractivity contribution in [2.24, 2.45) is 0 Å². The molecule has 1 unspecified atom stereocenters. The van der Waals surface area contributed by atoms with Crippen LogP contribution in [0.1, 0.15) is 23.0 Å². The molecular formula is C17H12Cl2F3N5O. The van der Waals surface area contributed by atoms with Gasteiger partial charge in [0.05, 0.1) is 16.3 Å². The molecular weight excluding hydrogens is 418 g/mol. The van der Waals surface area contributed by atoms with E-state index in [1.54, 1.807) is 6.07 Å². The van der Waals surface area contributed by atoms with Gasteiger partial charge in [-0.3, -0.25) is 5.10 Å². The number of nitrogens with zero attached hydrogens (tertiary/aromatic N) is 2. The molecule has 0 aliphatic carbocycles. The van der Waals surface area contributed by atoms with Gasteiger partial charge < -0.3 is 10.6 Å². The second kappa shape index (κ2) is 8.07. The van der Waals surface area contributed by atoms with Crippen molar-refractivity contribution < 1.29 is 18.0 Å². The number of nitrogens with one attached hydrogen (secondary N) is 3. The maximum atomic E-state index is 13.0. The number of amides is 2. The molecule has 3 aromatic rings. The quantitative estimate of drug-likeness (QED) is 0.543. The van der Waals surface area contributed by atoms with Crippen molar-refractivity contribution >= 4 is 34.9 Å². The van der Waals surface area contributed by atoms with E-state index in [-0.39, 0.29) is 22.1 Å². The summed E-state index contributed by atoms with van der Waals surface area (Å²) in [6.45, 7) is 0. The average Bonchev–Trinajstić information content (AvgIpc) is 3.16. The molecule has 11 heteroatoms. The van der Waals surface area contributed by atoms with Crippen LogP contribution in [0, 0.1) is 0 Å². The van der Waals surface area contributed by atoms with Crippen LogP contribution in [0.15, 0.2) is 48.8 Å². The number of hydrogen-bond donors (Lipinski definition) is 3. The van der Waals surface area contributed by atoms with Crippen LogP contribution in [-0.4, -0.2) is 21.2 Å². The van der Waals surface area contributed by atoms with Crippen LogP contribution in [0.5, 0.6) is 0 Å². The number of hydrogen-bond acceptors (Lipinski definition) is 3. The lowest BCUT2D eigenvalue weighted by Gasteiger charge is -2.19. The Balaban J connectivity index is 1.88. The minimum Gasteiger partial charge on any atom is -0.324 e. The standard InChI is InChI=1S/C17H12Cl2F3N5O/c18-11-4-5-12(19)13(7-11)25-16(28)26-14(15-23-8-24-27-15)9-2-1-3-10(6-9)17(20,21)22/h1-8,14H,(H,23,24,27)(H2,25,26,28). The number of carbonyl (C=O) groups excluding carboxylic acids is 1. The number of benzene rings is 2. The lowest BCUT2D eigenvalue weighted by atomic mass is 10.0. The van der Waals surface area contributed by atoms with Crippen LogP contribution >= 0.6 is 23.2 Å². The van der Waals surface area contributed by atoms with E-state index in [4.69, 9.17) is 23.2 Å². The summed E-state index contributed by atoms with van der Waals surface area (Å²) in [6.07, 6.45) is -3.35. The number of alkyl halides is 3. The number of aromatic amines is 1. The number of rotatable bonds is 4. The van der Waals surface area contributed by atoms with Gasteiger partial charge in [0.1, 0.15) is 12.4 Å². The van der Waals surface area contributed by atoms with Gasteiger partial charge in [0.25, 0.3) is 0 Å². The Morgan fingerprint density at radius 2 is 1.93 bits per heavy atom. The first-order valence-electron chi connectivity index (χ1n) is 7.79. The van der Waals surface area contributed by atoms with Crippen molar-refractivity contribution in [2.75, 3.05) is 5.32 Å². The molecule has 0 aliphatic rings. The highest BCUT2D eigenvalue weighted by molar-refractivity contribution is 6.35. The molecule has 3 rings (SSSR count). The maximum Gasteiger partial charge on any atom is 0.416 e. The molecule has 0 saturated heterocycles. The lowest BCUT2D eigenvalue weighted by molar-refractivity contribution is -0.137. The zero-order chi connectivity index (χ0) is 20.3. The van der Waals surface area contributed by atoms with E-state index in [1.165, 1.54) is 30.6 Å². The molecule has 2 amide bonds. The van der Waals surface area contributed by atoms with E-state index >= 15 is 0 Å². The molecule has 0 bridgehead atoms. The van der Waals surface area contributed by atoms with E-state index < -0.39 is 23.8 Å². The number of anilines is 1. The van der Waals surface area contributed by atoms with Crippen LogP contribution < -0.4 is 10.6 Å². The van der Waals surface area contributed by atoms with Gasteiger partial charge in [0.15, 0.2) is 5.82 Å². The van der Waals surface area contributed by atoms with E-state index in [2.05, 4.69) is 25.8 Å². The van der Waals surface area contributed by atoms with Crippen LogP contribution in [0.25, 0.3) is 0 Å². The molecule has 28 heavy (non-hydrogen) atoms. The summed E-state index contributed by atoms with van der Waals surface area (Å²) in [5.74, 6) is 0.159. The zero-order valence-corrected chi connectivity index (χ0v) is 15.4. The first kappa shape index (κ1) is 20.0. The van der Waals surface area contributed by atoms with E-state index in [0.717, 1.165) is 12.1 Å². The fraction of sp³-hybridized carbons (Fsp3) is 0.118. The van der Waals surface area contributed by atoms with Crippen LogP contribution in [0.2, 0.25) is 10.0 Å². The summed E-state index contributed by atoms with van der Waals surface area (Å²) in [5, 5.41) is 11.9. The minimum absolute atomic E-state index is 0.159. The van der Waals surface area contributed by atoms with Gasteiger partial charge in [-0.15, -0.1) is 0 Å². The van der Waals surface area contributed by atoms with Gasteiger partial charge >= 0.3 is 12.2 Å². The van der Waals surface area contributed by atoms with Gasteiger partial charge in [0, 0.05) is 5.02 Å². The lowest BCUT2D eigenvalue weighted by Crippen LogP contribution is -2.34.